The molecule has 0 aliphatic carbocycles. The standard InChI is InChI=1S/C21H31N3O3/c1-16(2)24(3)14-19(25)15-27-21-11-18(5-6-20(21)26-4)13-23-12-17-7-9-22-10-8-17/h5-11,16,19,23,25H,12-15H2,1-4H3. The minimum absolute atomic E-state index is 0.224. The Kier molecular flexibility index (Phi) is 8.51. The van der Waals surface area contributed by atoms with Crippen molar-refractivity contribution in [1.29, 1.82) is 0 Å². The number of likely N-dealkylation sites (N-methyl/N-ethyl adjacent to an activating group) is 1. The van der Waals surface area contributed by atoms with Gasteiger partial charge in [0.25, 0.3) is 0 Å². The zero-order valence-electron chi connectivity index (χ0n) is 16.7. The van der Waals surface area contributed by atoms with Crippen LogP contribution in [0.25, 0.3) is 0 Å². The van der Waals surface area contributed by atoms with Crippen molar-refractivity contribution in [3.05, 3.63) is 53.9 Å². The van der Waals surface area contributed by atoms with E-state index < -0.39 is 6.10 Å². The second-order valence-corrected chi connectivity index (χ2v) is 6.94. The van der Waals surface area contributed by atoms with Gasteiger partial charge in [-0.2, -0.15) is 0 Å². The predicted molar refractivity (Wildman–Crippen MR) is 107 cm³/mol. The Morgan fingerprint density at radius 2 is 1.78 bits per heavy atom. The quantitative estimate of drug-likeness (QED) is 0.631. The monoisotopic (exact) mass is 373 g/mol. The van der Waals surface area contributed by atoms with Crippen LogP contribution in [0.5, 0.6) is 11.5 Å². The third kappa shape index (κ3) is 7.17. The van der Waals surface area contributed by atoms with Crippen LogP contribution in [-0.2, 0) is 13.1 Å². The van der Waals surface area contributed by atoms with Gasteiger partial charge in [0.15, 0.2) is 11.5 Å². The molecule has 2 N–H and O–H groups in total. The maximum Gasteiger partial charge on any atom is 0.161 e. The number of ether oxygens (including phenoxy) is 2. The summed E-state index contributed by atoms with van der Waals surface area (Å²) in [5.74, 6) is 1.31. The second kappa shape index (κ2) is 10.9. The molecular weight excluding hydrogens is 342 g/mol. The maximum absolute atomic E-state index is 10.2. The number of hydrogen-bond acceptors (Lipinski definition) is 6. The molecule has 2 aromatic rings. The SMILES string of the molecule is COc1ccc(CNCc2ccncc2)cc1OCC(O)CN(C)C(C)C. The molecule has 0 saturated heterocycles. The van der Waals surface area contributed by atoms with E-state index in [4.69, 9.17) is 9.47 Å². The van der Waals surface area contributed by atoms with E-state index >= 15 is 0 Å². The molecule has 6 nitrogen and oxygen atoms in total. The van der Waals surface area contributed by atoms with Crippen LogP contribution in [0, 0.1) is 0 Å². The molecule has 0 bridgehead atoms. The average Bonchev–Trinajstić information content (AvgIpc) is 2.67. The summed E-state index contributed by atoms with van der Waals surface area (Å²) in [4.78, 5) is 6.11. The molecule has 1 atom stereocenters. The van der Waals surface area contributed by atoms with E-state index in [2.05, 4.69) is 29.0 Å². The Labute approximate surface area is 162 Å². The number of nitrogens with zero attached hydrogens (tertiary/aromatic N) is 2. The van der Waals surface area contributed by atoms with E-state index in [0.29, 0.717) is 30.6 Å². The summed E-state index contributed by atoms with van der Waals surface area (Å²) in [6.45, 7) is 6.46. The van der Waals surface area contributed by atoms with Gasteiger partial charge in [-0.25, -0.2) is 0 Å². The minimum atomic E-state index is -0.560. The van der Waals surface area contributed by atoms with E-state index in [1.54, 1.807) is 19.5 Å². The van der Waals surface area contributed by atoms with Crippen LogP contribution in [-0.4, -0.2) is 54.4 Å². The zero-order valence-corrected chi connectivity index (χ0v) is 16.7. The summed E-state index contributed by atoms with van der Waals surface area (Å²) in [7, 11) is 3.61. The summed E-state index contributed by atoms with van der Waals surface area (Å²) in [6, 6.07) is 10.2. The van der Waals surface area contributed by atoms with Crippen LogP contribution in [0.1, 0.15) is 25.0 Å². The first kappa shape index (κ1) is 21.2. The number of hydrogen-bond donors (Lipinski definition) is 2. The molecule has 0 aliphatic rings. The first-order valence-corrected chi connectivity index (χ1v) is 9.27. The number of pyridine rings is 1. The number of aliphatic hydroxyl groups excluding tert-OH is 1. The Morgan fingerprint density at radius 1 is 1.07 bits per heavy atom. The van der Waals surface area contributed by atoms with E-state index in [0.717, 1.165) is 12.1 Å². The first-order chi connectivity index (χ1) is 13.0. The Balaban J connectivity index is 1.90. The molecule has 1 heterocycles. The van der Waals surface area contributed by atoms with Crippen molar-refractivity contribution in [3.8, 4) is 11.5 Å². The molecule has 1 unspecified atom stereocenters. The van der Waals surface area contributed by atoms with Gasteiger partial charge in [-0.15, -0.1) is 0 Å². The van der Waals surface area contributed by atoms with Crippen molar-refractivity contribution in [2.24, 2.45) is 0 Å². The van der Waals surface area contributed by atoms with Gasteiger partial charge in [0.05, 0.1) is 7.11 Å². The number of rotatable bonds is 11. The molecule has 1 aromatic carbocycles. The average molecular weight is 373 g/mol. The van der Waals surface area contributed by atoms with Crippen LogP contribution in [0.2, 0.25) is 0 Å². The smallest absolute Gasteiger partial charge is 0.161 e. The summed E-state index contributed by atoms with van der Waals surface area (Å²) in [5.41, 5.74) is 2.28. The highest BCUT2D eigenvalue weighted by molar-refractivity contribution is 5.43. The van der Waals surface area contributed by atoms with E-state index in [-0.39, 0.29) is 6.61 Å². The van der Waals surface area contributed by atoms with E-state index in [1.165, 1.54) is 5.56 Å². The topological polar surface area (TPSA) is 66.8 Å². The number of aliphatic hydroxyl groups is 1. The molecule has 0 aliphatic heterocycles. The van der Waals surface area contributed by atoms with Crippen LogP contribution in [0.3, 0.4) is 0 Å². The van der Waals surface area contributed by atoms with Crippen molar-refractivity contribution in [2.45, 2.75) is 39.1 Å². The lowest BCUT2D eigenvalue weighted by Gasteiger charge is -2.24. The zero-order chi connectivity index (χ0) is 19.6. The summed E-state index contributed by atoms with van der Waals surface area (Å²) in [6.07, 6.45) is 3.02. The molecule has 27 heavy (non-hydrogen) atoms. The third-order valence-electron chi connectivity index (χ3n) is 4.45. The lowest BCUT2D eigenvalue weighted by Crippen LogP contribution is -2.37. The Morgan fingerprint density at radius 3 is 2.44 bits per heavy atom. The first-order valence-electron chi connectivity index (χ1n) is 9.27. The van der Waals surface area contributed by atoms with Crippen molar-refractivity contribution >= 4 is 0 Å². The lowest BCUT2D eigenvalue weighted by molar-refractivity contribution is 0.0668. The lowest BCUT2D eigenvalue weighted by atomic mass is 10.2. The maximum atomic E-state index is 10.2. The van der Waals surface area contributed by atoms with Gasteiger partial charge in [0, 0.05) is 38.1 Å². The number of methoxy groups -OCH3 is 1. The largest absolute Gasteiger partial charge is 0.493 e. The van der Waals surface area contributed by atoms with Crippen molar-refractivity contribution < 1.29 is 14.6 Å². The van der Waals surface area contributed by atoms with Crippen LogP contribution in [0.4, 0.5) is 0 Å². The number of nitrogens with one attached hydrogen (secondary N) is 1. The van der Waals surface area contributed by atoms with E-state index in [1.807, 2.05) is 37.4 Å². The Hall–Kier alpha value is -2.15. The van der Waals surface area contributed by atoms with Gasteiger partial charge in [-0.05, 0) is 56.3 Å². The van der Waals surface area contributed by atoms with Gasteiger partial charge in [0.2, 0.25) is 0 Å². The molecule has 0 amide bonds. The van der Waals surface area contributed by atoms with Gasteiger partial charge in [-0.3, -0.25) is 4.98 Å². The van der Waals surface area contributed by atoms with Gasteiger partial charge >= 0.3 is 0 Å². The van der Waals surface area contributed by atoms with Crippen LogP contribution >= 0.6 is 0 Å². The highest BCUT2D eigenvalue weighted by Gasteiger charge is 2.13. The van der Waals surface area contributed by atoms with Gasteiger partial charge in [-0.1, -0.05) is 6.07 Å². The fourth-order valence-corrected chi connectivity index (χ4v) is 2.58. The van der Waals surface area contributed by atoms with Crippen LogP contribution < -0.4 is 14.8 Å². The minimum Gasteiger partial charge on any atom is -0.493 e. The highest BCUT2D eigenvalue weighted by Crippen LogP contribution is 2.28. The van der Waals surface area contributed by atoms with Crippen LogP contribution in [0.15, 0.2) is 42.7 Å². The summed E-state index contributed by atoms with van der Waals surface area (Å²) in [5, 5.41) is 13.6. The van der Waals surface area contributed by atoms with Gasteiger partial charge in [0.1, 0.15) is 12.7 Å². The van der Waals surface area contributed by atoms with Crippen molar-refractivity contribution in [1.82, 2.24) is 15.2 Å². The predicted octanol–water partition coefficient (Wildman–Crippen LogP) is 2.46. The fraction of sp³-hybridized carbons (Fsp3) is 0.476. The highest BCUT2D eigenvalue weighted by atomic mass is 16.5. The van der Waals surface area contributed by atoms with Gasteiger partial charge < -0.3 is 24.8 Å². The Bertz CT molecular complexity index is 680. The normalized spacial score (nSPS) is 12.4. The molecule has 0 fully saturated rings. The fourth-order valence-electron chi connectivity index (χ4n) is 2.58. The molecule has 2 rings (SSSR count). The summed E-state index contributed by atoms with van der Waals surface area (Å²) < 4.78 is 11.2. The molecule has 6 heteroatoms. The second-order valence-electron chi connectivity index (χ2n) is 6.94. The molecule has 0 radical (unpaired) electrons. The molecular formula is C21H31N3O3. The molecule has 0 saturated carbocycles. The molecule has 148 valence electrons. The summed E-state index contributed by atoms with van der Waals surface area (Å²) >= 11 is 0. The third-order valence-corrected chi connectivity index (χ3v) is 4.45. The van der Waals surface area contributed by atoms with E-state index in [9.17, 15) is 5.11 Å². The molecule has 1 aromatic heterocycles. The number of aromatic nitrogens is 1. The van der Waals surface area contributed by atoms with Crippen molar-refractivity contribution in [2.75, 3.05) is 27.3 Å². The molecule has 0 spiro atoms. The number of benzene rings is 1. The van der Waals surface area contributed by atoms with Crippen molar-refractivity contribution in [3.63, 3.8) is 0 Å².